The van der Waals surface area contributed by atoms with Crippen molar-refractivity contribution in [1.29, 1.82) is 0 Å². The lowest BCUT2D eigenvalue weighted by Crippen LogP contribution is -2.32. The number of carbonyl (C=O) groups is 1. The van der Waals surface area contributed by atoms with E-state index < -0.39 is 0 Å². The van der Waals surface area contributed by atoms with Crippen LogP contribution in [0.15, 0.2) is 34.6 Å². The number of aromatic nitrogens is 4. The van der Waals surface area contributed by atoms with Crippen molar-refractivity contribution in [2.24, 2.45) is 5.92 Å². The molecule has 3 aliphatic rings. The predicted molar refractivity (Wildman–Crippen MR) is 116 cm³/mol. The zero-order chi connectivity index (χ0) is 21.1. The SMILES string of the molecule is COc1ccc(C)cc1Sc1nc2c(N)ncn(CCC3CCN(C=O)CC3)c-2n1. The van der Waals surface area contributed by atoms with Crippen LogP contribution in [0.3, 0.4) is 0 Å². The van der Waals surface area contributed by atoms with Crippen LogP contribution in [0.1, 0.15) is 24.8 Å². The third-order valence-electron chi connectivity index (χ3n) is 5.57. The molecule has 0 atom stereocenters. The van der Waals surface area contributed by atoms with E-state index in [1.807, 2.05) is 28.5 Å². The number of benzene rings is 1. The number of fused-ring (bicyclic) bond motifs is 1. The van der Waals surface area contributed by atoms with E-state index in [9.17, 15) is 4.79 Å². The second-order valence-electron chi connectivity index (χ2n) is 7.63. The molecule has 3 heterocycles. The maximum atomic E-state index is 10.9. The van der Waals surface area contributed by atoms with E-state index in [0.29, 0.717) is 22.6 Å². The highest BCUT2D eigenvalue weighted by atomic mass is 32.2. The number of methoxy groups -OCH3 is 1. The molecule has 158 valence electrons. The molecule has 1 aromatic rings. The first-order valence-corrected chi connectivity index (χ1v) is 10.9. The number of aryl methyl sites for hydroxylation is 2. The van der Waals surface area contributed by atoms with Crippen molar-refractivity contribution in [3.8, 4) is 17.3 Å². The molecule has 1 amide bonds. The molecular formula is C21H26N6O2S. The van der Waals surface area contributed by atoms with Crippen molar-refractivity contribution < 1.29 is 9.53 Å². The van der Waals surface area contributed by atoms with Gasteiger partial charge in [0.1, 0.15) is 5.75 Å². The molecule has 30 heavy (non-hydrogen) atoms. The van der Waals surface area contributed by atoms with Gasteiger partial charge in [0, 0.05) is 19.6 Å². The van der Waals surface area contributed by atoms with E-state index in [-0.39, 0.29) is 0 Å². The topological polar surface area (TPSA) is 99.2 Å². The molecule has 0 aromatic heterocycles. The quantitative estimate of drug-likeness (QED) is 0.580. The summed E-state index contributed by atoms with van der Waals surface area (Å²) in [6.07, 6.45) is 5.77. The molecule has 0 bridgehead atoms. The number of ether oxygens (including phenoxy) is 1. The highest BCUT2D eigenvalue weighted by molar-refractivity contribution is 7.99. The Morgan fingerprint density at radius 1 is 1.30 bits per heavy atom. The van der Waals surface area contributed by atoms with Crippen molar-refractivity contribution >= 4 is 24.0 Å². The molecule has 0 aliphatic carbocycles. The van der Waals surface area contributed by atoms with Crippen LogP contribution < -0.4 is 10.5 Å². The summed E-state index contributed by atoms with van der Waals surface area (Å²) in [5.74, 6) is 2.52. The summed E-state index contributed by atoms with van der Waals surface area (Å²) < 4.78 is 7.50. The van der Waals surface area contributed by atoms with Gasteiger partial charge in [-0.3, -0.25) is 4.79 Å². The van der Waals surface area contributed by atoms with Crippen LogP contribution in [-0.4, -0.2) is 51.0 Å². The summed E-state index contributed by atoms with van der Waals surface area (Å²) in [5, 5.41) is 0.627. The molecule has 2 N–H and O–H groups in total. The number of anilines is 1. The van der Waals surface area contributed by atoms with Crippen LogP contribution in [0.2, 0.25) is 0 Å². The summed E-state index contributed by atoms with van der Waals surface area (Å²) in [7, 11) is 1.66. The normalized spacial score (nSPS) is 14.9. The molecule has 1 aromatic carbocycles. The summed E-state index contributed by atoms with van der Waals surface area (Å²) >= 11 is 1.46. The molecule has 3 aliphatic heterocycles. The van der Waals surface area contributed by atoms with Crippen LogP contribution in [0.4, 0.5) is 5.82 Å². The zero-order valence-corrected chi connectivity index (χ0v) is 18.1. The molecule has 0 spiro atoms. The van der Waals surface area contributed by atoms with Gasteiger partial charge in [-0.2, -0.15) is 0 Å². The van der Waals surface area contributed by atoms with Gasteiger partial charge in [-0.1, -0.05) is 6.07 Å². The highest BCUT2D eigenvalue weighted by Gasteiger charge is 2.22. The zero-order valence-electron chi connectivity index (χ0n) is 17.2. The van der Waals surface area contributed by atoms with Crippen molar-refractivity contribution in [3.63, 3.8) is 0 Å². The number of likely N-dealkylation sites (tertiary alicyclic amines) is 1. The van der Waals surface area contributed by atoms with E-state index in [2.05, 4.69) is 16.0 Å². The molecule has 8 nitrogen and oxygen atoms in total. The first kappa shape index (κ1) is 20.5. The second-order valence-corrected chi connectivity index (χ2v) is 8.64. The van der Waals surface area contributed by atoms with Crippen LogP contribution in [0, 0.1) is 12.8 Å². The number of piperidine rings is 1. The molecule has 4 rings (SSSR count). The fourth-order valence-electron chi connectivity index (χ4n) is 3.77. The number of imidazole rings is 1. The van der Waals surface area contributed by atoms with Crippen molar-refractivity contribution in [2.45, 2.75) is 42.8 Å². The van der Waals surface area contributed by atoms with Gasteiger partial charge in [0.2, 0.25) is 6.41 Å². The maximum absolute atomic E-state index is 10.9. The predicted octanol–water partition coefficient (Wildman–Crippen LogP) is 3.09. The fraction of sp³-hybridized carbons (Fsp3) is 0.429. The Hall–Kier alpha value is -2.81. The summed E-state index contributed by atoms with van der Waals surface area (Å²) in [5.41, 5.74) is 7.85. The first-order valence-electron chi connectivity index (χ1n) is 10.1. The lowest BCUT2D eigenvalue weighted by molar-refractivity contribution is -0.119. The molecule has 0 radical (unpaired) electrons. The van der Waals surface area contributed by atoms with E-state index in [1.54, 1.807) is 13.4 Å². The third-order valence-corrected chi connectivity index (χ3v) is 6.47. The Morgan fingerprint density at radius 2 is 2.10 bits per heavy atom. The van der Waals surface area contributed by atoms with Crippen molar-refractivity contribution in [3.05, 3.63) is 30.1 Å². The molecule has 1 saturated heterocycles. The average molecular weight is 427 g/mol. The standard InChI is InChI=1S/C21H26N6O2S/c1-14-3-4-16(29-2)17(11-14)30-21-24-18-19(22)23-12-27(20(18)25-21)10-7-15-5-8-26(13-28)9-6-15/h3-4,11-13,15H,5-10,22H2,1-2H3. The van der Waals surface area contributed by atoms with Crippen LogP contribution in [0.5, 0.6) is 5.75 Å². The van der Waals surface area contributed by atoms with Gasteiger partial charge < -0.3 is 19.9 Å². The smallest absolute Gasteiger partial charge is 0.209 e. The minimum absolute atomic E-state index is 0.385. The van der Waals surface area contributed by atoms with Gasteiger partial charge in [-0.15, -0.1) is 0 Å². The van der Waals surface area contributed by atoms with Crippen LogP contribution in [-0.2, 0) is 11.3 Å². The number of carbonyl (C=O) groups excluding carboxylic acids is 1. The Kier molecular flexibility index (Phi) is 6.08. The molecule has 1 fully saturated rings. The second kappa shape index (κ2) is 8.91. The van der Waals surface area contributed by atoms with Crippen LogP contribution in [0.25, 0.3) is 11.5 Å². The van der Waals surface area contributed by atoms with Gasteiger partial charge in [-0.05, 0) is 61.6 Å². The summed E-state index contributed by atoms with van der Waals surface area (Å²) in [6, 6.07) is 6.03. The number of hydrogen-bond acceptors (Lipinski definition) is 7. The first-order chi connectivity index (χ1) is 14.6. The minimum atomic E-state index is 0.385. The number of rotatable bonds is 7. The summed E-state index contributed by atoms with van der Waals surface area (Å²) in [4.78, 5) is 27.4. The maximum Gasteiger partial charge on any atom is 0.209 e. The highest BCUT2D eigenvalue weighted by Crippen LogP contribution is 2.37. The van der Waals surface area contributed by atoms with E-state index in [1.165, 1.54) is 11.8 Å². The minimum Gasteiger partial charge on any atom is -0.496 e. The number of amides is 1. The van der Waals surface area contributed by atoms with E-state index in [4.69, 9.17) is 15.5 Å². The monoisotopic (exact) mass is 426 g/mol. The van der Waals surface area contributed by atoms with Crippen molar-refractivity contribution in [2.75, 3.05) is 25.9 Å². The van der Waals surface area contributed by atoms with Gasteiger partial charge in [0.25, 0.3) is 0 Å². The molecular weight excluding hydrogens is 400 g/mol. The molecule has 9 heteroatoms. The molecule has 0 saturated carbocycles. The van der Waals surface area contributed by atoms with Gasteiger partial charge in [0.05, 0.1) is 18.3 Å². The third kappa shape index (κ3) is 4.35. The Balaban J connectivity index is 1.52. The average Bonchev–Trinajstić information content (AvgIpc) is 3.18. The molecule has 0 unspecified atom stereocenters. The van der Waals surface area contributed by atoms with Crippen molar-refractivity contribution in [1.82, 2.24) is 24.4 Å². The van der Waals surface area contributed by atoms with Gasteiger partial charge in [0.15, 0.2) is 22.5 Å². The number of nitrogens with zero attached hydrogens (tertiary/aromatic N) is 5. The van der Waals surface area contributed by atoms with E-state index in [0.717, 1.165) is 67.3 Å². The Labute approximate surface area is 180 Å². The van der Waals surface area contributed by atoms with Crippen LogP contribution >= 0.6 is 11.8 Å². The number of nitrogen functional groups attached to an aromatic ring is 1. The lowest BCUT2D eigenvalue weighted by Gasteiger charge is -2.29. The van der Waals surface area contributed by atoms with Gasteiger partial charge in [-0.25, -0.2) is 15.0 Å². The Morgan fingerprint density at radius 3 is 2.83 bits per heavy atom. The number of hydrogen-bond donors (Lipinski definition) is 1. The largest absolute Gasteiger partial charge is 0.496 e. The van der Waals surface area contributed by atoms with E-state index >= 15 is 0 Å². The number of nitrogens with two attached hydrogens (primary N) is 1. The fourth-order valence-corrected chi connectivity index (χ4v) is 4.74. The summed E-state index contributed by atoms with van der Waals surface area (Å²) in [6.45, 7) is 4.51. The lowest BCUT2D eigenvalue weighted by atomic mass is 9.94. The van der Waals surface area contributed by atoms with Gasteiger partial charge >= 0.3 is 0 Å². The Bertz CT molecular complexity index is 999.